The zero-order chi connectivity index (χ0) is 10.1. The molecule has 1 aliphatic heterocycles. The summed E-state index contributed by atoms with van der Waals surface area (Å²) >= 11 is 0. The standard InChI is InChI=1S/C10H20N2O/c1-10(2,3)9(13)12-6-5-8(7-12)11-4/h8,11H,5-7H2,1-4H3. The molecular weight excluding hydrogens is 164 g/mol. The number of hydrogen-bond donors (Lipinski definition) is 1. The number of nitrogens with one attached hydrogen (secondary N) is 1. The molecule has 1 unspecified atom stereocenters. The van der Waals surface area contributed by atoms with Crippen LogP contribution in [-0.2, 0) is 4.79 Å². The summed E-state index contributed by atoms with van der Waals surface area (Å²) in [6.45, 7) is 7.69. The molecule has 3 nitrogen and oxygen atoms in total. The molecule has 1 heterocycles. The summed E-state index contributed by atoms with van der Waals surface area (Å²) in [4.78, 5) is 13.8. The quantitative estimate of drug-likeness (QED) is 0.655. The Bertz CT molecular complexity index is 196. The number of nitrogens with zero attached hydrogens (tertiary/aromatic N) is 1. The number of carbonyl (C=O) groups excluding carboxylic acids is 1. The predicted octanol–water partition coefficient (Wildman–Crippen LogP) is 0.853. The van der Waals surface area contributed by atoms with Crippen LogP contribution < -0.4 is 5.32 Å². The average molecular weight is 184 g/mol. The average Bonchev–Trinajstić information content (AvgIpc) is 2.48. The van der Waals surface area contributed by atoms with Crippen LogP contribution in [0.15, 0.2) is 0 Å². The third-order valence-electron chi connectivity index (χ3n) is 2.53. The van der Waals surface area contributed by atoms with Gasteiger partial charge in [-0.2, -0.15) is 0 Å². The molecule has 0 spiro atoms. The largest absolute Gasteiger partial charge is 0.341 e. The SMILES string of the molecule is CNC1CCN(C(=O)C(C)(C)C)C1. The molecule has 1 rings (SSSR count). The number of rotatable bonds is 1. The van der Waals surface area contributed by atoms with Crippen LogP contribution in [-0.4, -0.2) is 37.0 Å². The van der Waals surface area contributed by atoms with Crippen LogP contribution in [0.1, 0.15) is 27.2 Å². The van der Waals surface area contributed by atoms with Gasteiger partial charge in [-0.15, -0.1) is 0 Å². The molecule has 0 aromatic rings. The zero-order valence-electron chi connectivity index (χ0n) is 9.05. The first kappa shape index (κ1) is 10.5. The Kier molecular flexibility index (Phi) is 2.96. The van der Waals surface area contributed by atoms with Gasteiger partial charge in [0.05, 0.1) is 0 Å². The van der Waals surface area contributed by atoms with Gasteiger partial charge in [-0.25, -0.2) is 0 Å². The van der Waals surface area contributed by atoms with Crippen molar-refractivity contribution in [1.29, 1.82) is 0 Å². The van der Waals surface area contributed by atoms with E-state index in [2.05, 4.69) is 5.32 Å². The van der Waals surface area contributed by atoms with E-state index in [1.807, 2.05) is 32.7 Å². The monoisotopic (exact) mass is 184 g/mol. The van der Waals surface area contributed by atoms with E-state index in [1.54, 1.807) is 0 Å². The second-order valence-electron chi connectivity index (χ2n) is 4.78. The van der Waals surface area contributed by atoms with E-state index in [-0.39, 0.29) is 11.3 Å². The minimum Gasteiger partial charge on any atom is -0.341 e. The van der Waals surface area contributed by atoms with Crippen LogP contribution in [0.5, 0.6) is 0 Å². The summed E-state index contributed by atoms with van der Waals surface area (Å²) in [5.74, 6) is 0.269. The third kappa shape index (κ3) is 2.44. The van der Waals surface area contributed by atoms with Crippen LogP contribution in [0.2, 0.25) is 0 Å². The highest BCUT2D eigenvalue weighted by atomic mass is 16.2. The lowest BCUT2D eigenvalue weighted by molar-refractivity contribution is -0.138. The molecule has 3 heteroatoms. The van der Waals surface area contributed by atoms with Crippen molar-refractivity contribution in [2.45, 2.75) is 33.2 Å². The number of likely N-dealkylation sites (tertiary alicyclic amines) is 1. The van der Waals surface area contributed by atoms with Crippen molar-refractivity contribution in [2.75, 3.05) is 20.1 Å². The van der Waals surface area contributed by atoms with Crippen LogP contribution in [0, 0.1) is 5.41 Å². The van der Waals surface area contributed by atoms with Crippen molar-refractivity contribution in [3.63, 3.8) is 0 Å². The van der Waals surface area contributed by atoms with E-state index in [4.69, 9.17) is 0 Å². The lowest BCUT2D eigenvalue weighted by atomic mass is 9.95. The van der Waals surface area contributed by atoms with E-state index in [1.165, 1.54) is 0 Å². The molecule has 0 bridgehead atoms. The predicted molar refractivity (Wildman–Crippen MR) is 53.5 cm³/mol. The van der Waals surface area contributed by atoms with Crippen molar-refractivity contribution in [3.8, 4) is 0 Å². The highest BCUT2D eigenvalue weighted by molar-refractivity contribution is 5.81. The normalized spacial score (nSPS) is 23.7. The molecule has 0 radical (unpaired) electrons. The van der Waals surface area contributed by atoms with Gasteiger partial charge in [-0.3, -0.25) is 4.79 Å². The summed E-state index contributed by atoms with van der Waals surface area (Å²) in [7, 11) is 1.95. The van der Waals surface area contributed by atoms with Crippen LogP contribution >= 0.6 is 0 Å². The summed E-state index contributed by atoms with van der Waals surface area (Å²) in [6.07, 6.45) is 1.08. The lowest BCUT2D eigenvalue weighted by Crippen LogP contribution is -2.39. The van der Waals surface area contributed by atoms with Gasteiger partial charge in [0.2, 0.25) is 5.91 Å². The van der Waals surface area contributed by atoms with Crippen molar-refractivity contribution >= 4 is 5.91 Å². The molecule has 1 saturated heterocycles. The maximum absolute atomic E-state index is 11.8. The first-order valence-corrected chi connectivity index (χ1v) is 4.92. The summed E-state index contributed by atoms with van der Waals surface area (Å²) < 4.78 is 0. The topological polar surface area (TPSA) is 32.3 Å². The van der Waals surface area contributed by atoms with Gasteiger partial charge >= 0.3 is 0 Å². The number of likely N-dealkylation sites (N-methyl/N-ethyl adjacent to an activating group) is 1. The molecule has 13 heavy (non-hydrogen) atoms. The second kappa shape index (κ2) is 3.66. The van der Waals surface area contributed by atoms with Gasteiger partial charge in [0, 0.05) is 24.5 Å². The number of hydrogen-bond acceptors (Lipinski definition) is 2. The number of carbonyl (C=O) groups is 1. The Morgan fingerprint density at radius 2 is 2.08 bits per heavy atom. The maximum Gasteiger partial charge on any atom is 0.228 e. The molecule has 0 aromatic heterocycles. The summed E-state index contributed by atoms with van der Waals surface area (Å²) in [6, 6.07) is 0.492. The Balaban J connectivity index is 2.52. The van der Waals surface area contributed by atoms with Gasteiger partial charge < -0.3 is 10.2 Å². The maximum atomic E-state index is 11.8. The van der Waals surface area contributed by atoms with Gasteiger partial charge in [-0.1, -0.05) is 20.8 Å². The molecule has 0 aromatic carbocycles. The molecule has 1 atom stereocenters. The number of amides is 1. The van der Waals surface area contributed by atoms with E-state index < -0.39 is 0 Å². The fourth-order valence-corrected chi connectivity index (χ4v) is 1.65. The summed E-state index contributed by atoms with van der Waals surface area (Å²) in [5, 5.41) is 3.21. The van der Waals surface area contributed by atoms with Crippen molar-refractivity contribution in [3.05, 3.63) is 0 Å². The minimum atomic E-state index is -0.234. The smallest absolute Gasteiger partial charge is 0.228 e. The van der Waals surface area contributed by atoms with Gasteiger partial charge in [-0.05, 0) is 13.5 Å². The Labute approximate surface area is 80.5 Å². The molecule has 1 fully saturated rings. The molecule has 1 aliphatic rings. The van der Waals surface area contributed by atoms with Crippen LogP contribution in [0.25, 0.3) is 0 Å². The van der Waals surface area contributed by atoms with Gasteiger partial charge in [0.1, 0.15) is 0 Å². The molecule has 0 aliphatic carbocycles. The second-order valence-corrected chi connectivity index (χ2v) is 4.78. The molecule has 0 saturated carbocycles. The van der Waals surface area contributed by atoms with E-state index in [0.717, 1.165) is 19.5 Å². The highest BCUT2D eigenvalue weighted by Gasteiger charge is 2.31. The molecular formula is C10H20N2O. The molecule has 1 amide bonds. The van der Waals surface area contributed by atoms with Crippen molar-refractivity contribution in [2.24, 2.45) is 5.41 Å². The third-order valence-corrected chi connectivity index (χ3v) is 2.53. The van der Waals surface area contributed by atoms with Gasteiger partial charge in [0.25, 0.3) is 0 Å². The first-order chi connectivity index (χ1) is 5.95. The molecule has 76 valence electrons. The minimum absolute atomic E-state index is 0.234. The lowest BCUT2D eigenvalue weighted by Gasteiger charge is -2.25. The van der Waals surface area contributed by atoms with E-state index >= 15 is 0 Å². The van der Waals surface area contributed by atoms with Crippen molar-refractivity contribution < 1.29 is 4.79 Å². The van der Waals surface area contributed by atoms with Crippen LogP contribution in [0.3, 0.4) is 0 Å². The fourth-order valence-electron chi connectivity index (χ4n) is 1.65. The highest BCUT2D eigenvalue weighted by Crippen LogP contribution is 2.20. The Morgan fingerprint density at radius 3 is 2.46 bits per heavy atom. The van der Waals surface area contributed by atoms with E-state index in [0.29, 0.717) is 6.04 Å². The van der Waals surface area contributed by atoms with Gasteiger partial charge in [0.15, 0.2) is 0 Å². The van der Waals surface area contributed by atoms with Crippen LogP contribution in [0.4, 0.5) is 0 Å². The van der Waals surface area contributed by atoms with Crippen molar-refractivity contribution in [1.82, 2.24) is 10.2 Å². The zero-order valence-corrected chi connectivity index (χ0v) is 9.05. The van der Waals surface area contributed by atoms with E-state index in [9.17, 15) is 4.79 Å². The Morgan fingerprint density at radius 1 is 1.46 bits per heavy atom. The first-order valence-electron chi connectivity index (χ1n) is 4.92. The molecule has 1 N–H and O–H groups in total. The Hall–Kier alpha value is -0.570. The summed E-state index contributed by atoms with van der Waals surface area (Å²) in [5.41, 5.74) is -0.234. The fraction of sp³-hybridized carbons (Fsp3) is 0.900.